The number of hydrogen-bond acceptors (Lipinski definition) is 2. The number of hydrogen-bond donors (Lipinski definition) is 1. The van der Waals surface area contributed by atoms with E-state index in [-0.39, 0.29) is 5.54 Å². The van der Waals surface area contributed by atoms with Crippen LogP contribution in [0.2, 0.25) is 0 Å². The number of likely N-dealkylation sites (N-methyl/N-ethyl adjacent to an activating group) is 1. The molecule has 18 heavy (non-hydrogen) atoms. The van der Waals surface area contributed by atoms with E-state index in [0.717, 1.165) is 6.54 Å². The van der Waals surface area contributed by atoms with Crippen LogP contribution in [-0.4, -0.2) is 30.6 Å². The summed E-state index contributed by atoms with van der Waals surface area (Å²) in [4.78, 5) is 2.49. The molecule has 2 nitrogen and oxygen atoms in total. The molecule has 2 N–H and O–H groups in total. The monoisotopic (exact) mass is 256 g/mol. The van der Waals surface area contributed by atoms with E-state index >= 15 is 0 Å². The van der Waals surface area contributed by atoms with Gasteiger partial charge in [0.15, 0.2) is 0 Å². The smallest absolute Gasteiger partial charge is 0.0300 e. The fourth-order valence-electron chi connectivity index (χ4n) is 2.43. The maximum absolute atomic E-state index is 6.01. The predicted octanol–water partition coefficient (Wildman–Crippen LogP) is 4.19. The minimum absolute atomic E-state index is 0.208. The molecule has 0 rings (SSSR count). The second-order valence-electron chi connectivity index (χ2n) is 5.99. The quantitative estimate of drug-likeness (QED) is 0.531. The second-order valence-corrected chi connectivity index (χ2v) is 5.99. The van der Waals surface area contributed by atoms with Crippen LogP contribution in [0.1, 0.15) is 78.6 Å². The third-order valence-electron chi connectivity index (χ3n) is 4.28. The molecule has 2 heteroatoms. The van der Waals surface area contributed by atoms with Crippen LogP contribution in [0, 0.1) is 0 Å². The van der Waals surface area contributed by atoms with Crippen LogP contribution in [0.15, 0.2) is 0 Å². The van der Waals surface area contributed by atoms with E-state index in [4.69, 9.17) is 5.73 Å². The van der Waals surface area contributed by atoms with Crippen molar-refractivity contribution in [1.29, 1.82) is 0 Å². The lowest BCUT2D eigenvalue weighted by molar-refractivity contribution is 0.128. The molecule has 0 radical (unpaired) electrons. The molecule has 0 aliphatic heterocycles. The van der Waals surface area contributed by atoms with Crippen molar-refractivity contribution >= 4 is 0 Å². The molecule has 0 saturated carbocycles. The first kappa shape index (κ1) is 17.9. The first-order chi connectivity index (χ1) is 8.60. The average molecular weight is 256 g/mol. The third kappa shape index (κ3) is 7.38. The number of nitrogens with two attached hydrogens (primary N) is 1. The Hall–Kier alpha value is -0.0800. The molecule has 0 aromatic carbocycles. The Morgan fingerprint density at radius 2 is 1.44 bits per heavy atom. The van der Waals surface area contributed by atoms with Crippen molar-refractivity contribution in [3.8, 4) is 0 Å². The Morgan fingerprint density at radius 1 is 0.889 bits per heavy atom. The van der Waals surface area contributed by atoms with Crippen LogP contribution >= 0.6 is 0 Å². The zero-order valence-electron chi connectivity index (χ0n) is 13.3. The molecule has 0 saturated heterocycles. The standard InChI is InChI=1S/C16H36N2/c1-5-7-9-10-11-13-16(3,15-17)18(4)14-12-8-6-2/h5-15,17H2,1-4H3. The van der Waals surface area contributed by atoms with Crippen LogP contribution in [0.4, 0.5) is 0 Å². The Kier molecular flexibility index (Phi) is 10.8. The van der Waals surface area contributed by atoms with Gasteiger partial charge in [-0.15, -0.1) is 0 Å². The lowest BCUT2D eigenvalue weighted by atomic mass is 9.92. The van der Waals surface area contributed by atoms with E-state index in [1.807, 2.05) is 0 Å². The van der Waals surface area contributed by atoms with E-state index in [0.29, 0.717) is 0 Å². The van der Waals surface area contributed by atoms with Crippen molar-refractivity contribution in [2.24, 2.45) is 5.73 Å². The Morgan fingerprint density at radius 3 is 2.00 bits per heavy atom. The molecule has 0 fully saturated rings. The fraction of sp³-hybridized carbons (Fsp3) is 1.00. The van der Waals surface area contributed by atoms with Gasteiger partial charge >= 0.3 is 0 Å². The van der Waals surface area contributed by atoms with E-state index in [2.05, 4.69) is 32.7 Å². The minimum atomic E-state index is 0.208. The van der Waals surface area contributed by atoms with Crippen LogP contribution in [-0.2, 0) is 0 Å². The van der Waals surface area contributed by atoms with Gasteiger partial charge in [-0.1, -0.05) is 58.8 Å². The largest absolute Gasteiger partial charge is 0.329 e. The van der Waals surface area contributed by atoms with Crippen LogP contribution in [0.25, 0.3) is 0 Å². The average Bonchev–Trinajstić information content (AvgIpc) is 2.38. The molecule has 0 heterocycles. The van der Waals surface area contributed by atoms with Crippen molar-refractivity contribution in [3.05, 3.63) is 0 Å². The zero-order chi connectivity index (χ0) is 13.9. The summed E-state index contributed by atoms with van der Waals surface area (Å²) in [6.45, 7) is 8.83. The fourth-order valence-corrected chi connectivity index (χ4v) is 2.43. The van der Waals surface area contributed by atoms with Gasteiger partial charge in [-0.3, -0.25) is 4.90 Å². The van der Waals surface area contributed by atoms with E-state index < -0.39 is 0 Å². The van der Waals surface area contributed by atoms with E-state index in [9.17, 15) is 0 Å². The molecule has 0 aliphatic carbocycles. The number of rotatable bonds is 12. The Bertz CT molecular complexity index is 182. The molecule has 0 aliphatic rings. The summed E-state index contributed by atoms with van der Waals surface area (Å²) in [5.41, 5.74) is 6.22. The van der Waals surface area contributed by atoms with Gasteiger partial charge in [0.25, 0.3) is 0 Å². The van der Waals surface area contributed by atoms with Gasteiger partial charge in [0.1, 0.15) is 0 Å². The lowest BCUT2D eigenvalue weighted by Crippen LogP contribution is -2.50. The van der Waals surface area contributed by atoms with Crippen LogP contribution in [0.3, 0.4) is 0 Å². The van der Waals surface area contributed by atoms with Crippen molar-refractivity contribution in [3.63, 3.8) is 0 Å². The summed E-state index contributed by atoms with van der Waals surface area (Å²) in [6.07, 6.45) is 12.0. The zero-order valence-corrected chi connectivity index (χ0v) is 13.3. The summed E-state index contributed by atoms with van der Waals surface area (Å²) < 4.78 is 0. The van der Waals surface area contributed by atoms with E-state index in [1.54, 1.807) is 0 Å². The van der Waals surface area contributed by atoms with Gasteiger partial charge in [0, 0.05) is 12.1 Å². The van der Waals surface area contributed by atoms with Gasteiger partial charge in [0.05, 0.1) is 0 Å². The molecular formula is C16H36N2. The highest BCUT2D eigenvalue weighted by molar-refractivity contribution is 4.85. The molecule has 110 valence electrons. The normalized spacial score (nSPS) is 15.0. The molecule has 0 aromatic rings. The van der Waals surface area contributed by atoms with E-state index in [1.165, 1.54) is 64.3 Å². The highest BCUT2D eigenvalue weighted by Gasteiger charge is 2.26. The summed E-state index contributed by atoms with van der Waals surface area (Å²) in [5, 5.41) is 0. The summed E-state index contributed by atoms with van der Waals surface area (Å²) in [7, 11) is 2.24. The number of unbranched alkanes of at least 4 members (excludes halogenated alkanes) is 6. The highest BCUT2D eigenvalue weighted by atomic mass is 15.2. The summed E-state index contributed by atoms with van der Waals surface area (Å²) in [5.74, 6) is 0. The van der Waals surface area contributed by atoms with Crippen molar-refractivity contribution in [2.75, 3.05) is 20.1 Å². The van der Waals surface area contributed by atoms with Gasteiger partial charge in [-0.25, -0.2) is 0 Å². The molecule has 1 unspecified atom stereocenters. The first-order valence-electron chi connectivity index (χ1n) is 8.02. The van der Waals surface area contributed by atoms with Crippen LogP contribution in [0.5, 0.6) is 0 Å². The van der Waals surface area contributed by atoms with Crippen LogP contribution < -0.4 is 5.73 Å². The van der Waals surface area contributed by atoms with Crippen molar-refractivity contribution < 1.29 is 0 Å². The molecular weight excluding hydrogens is 220 g/mol. The van der Waals surface area contributed by atoms with Crippen molar-refractivity contribution in [2.45, 2.75) is 84.1 Å². The molecule has 0 spiro atoms. The third-order valence-corrected chi connectivity index (χ3v) is 4.28. The predicted molar refractivity (Wildman–Crippen MR) is 83.0 cm³/mol. The van der Waals surface area contributed by atoms with Crippen molar-refractivity contribution in [1.82, 2.24) is 4.90 Å². The Labute approximate surface area is 115 Å². The molecule has 0 amide bonds. The Balaban J connectivity index is 3.91. The molecule has 0 aromatic heterocycles. The van der Waals surface area contributed by atoms with Gasteiger partial charge < -0.3 is 5.73 Å². The lowest BCUT2D eigenvalue weighted by Gasteiger charge is -2.38. The maximum atomic E-state index is 6.01. The SMILES string of the molecule is CCCCCCCC(C)(CN)N(C)CCCCC. The molecule has 0 bridgehead atoms. The molecule has 1 atom stereocenters. The summed E-state index contributed by atoms with van der Waals surface area (Å²) >= 11 is 0. The van der Waals surface area contributed by atoms with Gasteiger partial charge in [-0.05, 0) is 33.4 Å². The minimum Gasteiger partial charge on any atom is -0.329 e. The summed E-state index contributed by atoms with van der Waals surface area (Å²) in [6, 6.07) is 0. The first-order valence-corrected chi connectivity index (χ1v) is 8.02. The maximum Gasteiger partial charge on any atom is 0.0300 e. The highest BCUT2D eigenvalue weighted by Crippen LogP contribution is 2.21. The van der Waals surface area contributed by atoms with Gasteiger partial charge in [0.2, 0.25) is 0 Å². The topological polar surface area (TPSA) is 29.3 Å². The number of nitrogens with zero attached hydrogens (tertiary/aromatic N) is 1. The van der Waals surface area contributed by atoms with Gasteiger partial charge in [-0.2, -0.15) is 0 Å². The second kappa shape index (κ2) is 10.8.